The summed E-state index contributed by atoms with van der Waals surface area (Å²) in [6.07, 6.45) is 9.00. The van der Waals surface area contributed by atoms with Gasteiger partial charge in [0.1, 0.15) is 0 Å². The van der Waals surface area contributed by atoms with E-state index in [0.717, 1.165) is 25.4 Å². The zero-order chi connectivity index (χ0) is 9.80. The third-order valence-corrected chi connectivity index (χ3v) is 3.88. The van der Waals surface area contributed by atoms with Crippen molar-refractivity contribution in [1.29, 1.82) is 0 Å². The Kier molecular flexibility index (Phi) is 3.82. The fourth-order valence-electron chi connectivity index (χ4n) is 2.74. The molecular weight excluding hydrogens is 174 g/mol. The highest BCUT2D eigenvalue weighted by atomic mass is 16.3. The maximum atomic E-state index is 10.1. The highest BCUT2D eigenvalue weighted by Gasteiger charge is 2.26. The largest absolute Gasteiger partial charge is 0.393 e. The zero-order valence-corrected chi connectivity index (χ0v) is 9.04. The second-order valence-corrected chi connectivity index (χ2v) is 5.08. The lowest BCUT2D eigenvalue weighted by Gasteiger charge is -2.31. The van der Waals surface area contributed by atoms with Crippen molar-refractivity contribution in [3.05, 3.63) is 0 Å². The van der Waals surface area contributed by atoms with E-state index in [1.165, 1.54) is 38.5 Å². The van der Waals surface area contributed by atoms with E-state index in [9.17, 15) is 5.11 Å². The molecule has 82 valence electrons. The average molecular weight is 197 g/mol. The molecule has 2 aliphatic rings. The second kappa shape index (κ2) is 5.13. The molecule has 2 N–H and O–H groups in total. The lowest BCUT2D eigenvalue weighted by atomic mass is 9.86. The number of hydrogen-bond donors (Lipinski definition) is 2. The summed E-state index contributed by atoms with van der Waals surface area (Å²) in [5, 5.41) is 13.4. The lowest BCUT2D eigenvalue weighted by Crippen LogP contribution is -2.44. The fraction of sp³-hybridized carbons (Fsp3) is 1.00. The van der Waals surface area contributed by atoms with Gasteiger partial charge < -0.3 is 10.4 Å². The summed E-state index contributed by atoms with van der Waals surface area (Å²) in [5.41, 5.74) is 0. The van der Waals surface area contributed by atoms with Crippen molar-refractivity contribution in [2.75, 3.05) is 13.1 Å². The molecule has 1 saturated carbocycles. The van der Waals surface area contributed by atoms with Crippen LogP contribution >= 0.6 is 0 Å². The standard InChI is InChI=1S/C12H23NO/c14-12(7-10-8-13-9-10)11-5-3-1-2-4-6-11/h10-14H,1-9H2. The summed E-state index contributed by atoms with van der Waals surface area (Å²) in [6, 6.07) is 0. The molecule has 1 heterocycles. The van der Waals surface area contributed by atoms with Crippen LogP contribution in [0.25, 0.3) is 0 Å². The molecule has 0 amide bonds. The van der Waals surface area contributed by atoms with Crippen molar-refractivity contribution in [2.24, 2.45) is 11.8 Å². The van der Waals surface area contributed by atoms with E-state index < -0.39 is 0 Å². The molecular formula is C12H23NO. The summed E-state index contributed by atoms with van der Waals surface area (Å²) in [5.74, 6) is 1.37. The van der Waals surface area contributed by atoms with Gasteiger partial charge in [-0.2, -0.15) is 0 Å². The van der Waals surface area contributed by atoms with Gasteiger partial charge in [-0.3, -0.25) is 0 Å². The molecule has 1 aliphatic carbocycles. The third-order valence-electron chi connectivity index (χ3n) is 3.88. The normalized spacial score (nSPS) is 28.1. The van der Waals surface area contributed by atoms with Crippen LogP contribution in [-0.2, 0) is 0 Å². The van der Waals surface area contributed by atoms with E-state index in [2.05, 4.69) is 5.32 Å². The first kappa shape index (κ1) is 10.4. The molecule has 0 radical (unpaired) electrons. The minimum absolute atomic E-state index is 0.0137. The molecule has 1 atom stereocenters. The van der Waals surface area contributed by atoms with E-state index in [0.29, 0.717) is 5.92 Å². The molecule has 0 aromatic carbocycles. The van der Waals surface area contributed by atoms with Gasteiger partial charge in [-0.05, 0) is 44.2 Å². The van der Waals surface area contributed by atoms with Crippen LogP contribution in [0.3, 0.4) is 0 Å². The van der Waals surface area contributed by atoms with Crippen molar-refractivity contribution in [1.82, 2.24) is 5.32 Å². The number of nitrogens with one attached hydrogen (secondary N) is 1. The Morgan fingerprint density at radius 3 is 2.21 bits per heavy atom. The summed E-state index contributed by atoms with van der Waals surface area (Å²) in [6.45, 7) is 2.26. The van der Waals surface area contributed by atoms with Crippen molar-refractivity contribution >= 4 is 0 Å². The smallest absolute Gasteiger partial charge is 0.0572 e. The molecule has 0 spiro atoms. The summed E-state index contributed by atoms with van der Waals surface area (Å²) < 4.78 is 0. The Hall–Kier alpha value is -0.0800. The number of aliphatic hydroxyl groups excluding tert-OH is 1. The molecule has 14 heavy (non-hydrogen) atoms. The molecule has 0 aromatic heterocycles. The van der Waals surface area contributed by atoms with Crippen LogP contribution in [0.5, 0.6) is 0 Å². The van der Waals surface area contributed by atoms with E-state index in [4.69, 9.17) is 0 Å². The van der Waals surface area contributed by atoms with E-state index in [1.807, 2.05) is 0 Å². The SMILES string of the molecule is OC(CC1CNC1)C1CCCCCC1. The first-order valence-corrected chi connectivity index (χ1v) is 6.25. The fourth-order valence-corrected chi connectivity index (χ4v) is 2.74. The molecule has 2 nitrogen and oxygen atoms in total. The third kappa shape index (κ3) is 2.71. The Morgan fingerprint density at radius 1 is 1.07 bits per heavy atom. The van der Waals surface area contributed by atoms with Gasteiger partial charge in [0.15, 0.2) is 0 Å². The number of aliphatic hydroxyl groups is 1. The molecule has 2 heteroatoms. The quantitative estimate of drug-likeness (QED) is 0.678. The number of rotatable bonds is 3. The zero-order valence-electron chi connectivity index (χ0n) is 9.04. The highest BCUT2D eigenvalue weighted by Crippen LogP contribution is 2.28. The van der Waals surface area contributed by atoms with E-state index in [-0.39, 0.29) is 6.10 Å². The highest BCUT2D eigenvalue weighted by molar-refractivity contribution is 4.81. The topological polar surface area (TPSA) is 32.3 Å². The summed E-state index contributed by atoms with van der Waals surface area (Å²) in [4.78, 5) is 0. The predicted molar refractivity (Wildman–Crippen MR) is 58.2 cm³/mol. The van der Waals surface area contributed by atoms with Gasteiger partial charge in [-0.1, -0.05) is 25.7 Å². The molecule has 1 unspecified atom stereocenters. The van der Waals surface area contributed by atoms with Crippen LogP contribution < -0.4 is 5.32 Å². The predicted octanol–water partition coefficient (Wildman–Crippen LogP) is 1.93. The van der Waals surface area contributed by atoms with Crippen LogP contribution in [0, 0.1) is 11.8 Å². The molecule has 2 rings (SSSR count). The van der Waals surface area contributed by atoms with Gasteiger partial charge in [0.2, 0.25) is 0 Å². The molecule has 0 aromatic rings. The number of hydrogen-bond acceptors (Lipinski definition) is 2. The Balaban J connectivity index is 1.73. The first-order valence-electron chi connectivity index (χ1n) is 6.25. The minimum atomic E-state index is -0.0137. The summed E-state index contributed by atoms with van der Waals surface area (Å²) in [7, 11) is 0. The maximum absolute atomic E-state index is 10.1. The first-order chi connectivity index (χ1) is 6.86. The van der Waals surface area contributed by atoms with Crippen molar-refractivity contribution in [3.8, 4) is 0 Å². The van der Waals surface area contributed by atoms with Crippen LogP contribution in [0.2, 0.25) is 0 Å². The second-order valence-electron chi connectivity index (χ2n) is 5.08. The molecule has 0 bridgehead atoms. The Bertz CT molecular complexity index is 160. The van der Waals surface area contributed by atoms with Crippen LogP contribution in [0.1, 0.15) is 44.9 Å². The van der Waals surface area contributed by atoms with Gasteiger partial charge in [0.05, 0.1) is 6.10 Å². The van der Waals surface area contributed by atoms with Gasteiger partial charge in [0.25, 0.3) is 0 Å². The van der Waals surface area contributed by atoms with Crippen LogP contribution in [0.15, 0.2) is 0 Å². The van der Waals surface area contributed by atoms with E-state index >= 15 is 0 Å². The molecule has 1 saturated heterocycles. The van der Waals surface area contributed by atoms with Crippen LogP contribution in [0.4, 0.5) is 0 Å². The van der Waals surface area contributed by atoms with Crippen LogP contribution in [-0.4, -0.2) is 24.3 Å². The summed E-state index contributed by atoms with van der Waals surface area (Å²) >= 11 is 0. The lowest BCUT2D eigenvalue weighted by molar-refractivity contribution is 0.0641. The van der Waals surface area contributed by atoms with Crippen molar-refractivity contribution in [2.45, 2.75) is 51.0 Å². The molecule has 1 aliphatic heterocycles. The van der Waals surface area contributed by atoms with Gasteiger partial charge in [-0.15, -0.1) is 0 Å². The monoisotopic (exact) mass is 197 g/mol. The van der Waals surface area contributed by atoms with Gasteiger partial charge in [-0.25, -0.2) is 0 Å². The molecule has 2 fully saturated rings. The van der Waals surface area contributed by atoms with Crippen molar-refractivity contribution in [3.63, 3.8) is 0 Å². The maximum Gasteiger partial charge on any atom is 0.0572 e. The van der Waals surface area contributed by atoms with Gasteiger partial charge >= 0.3 is 0 Å². The van der Waals surface area contributed by atoms with Gasteiger partial charge in [0, 0.05) is 0 Å². The Labute approximate surface area is 87.1 Å². The van der Waals surface area contributed by atoms with E-state index in [1.54, 1.807) is 0 Å². The average Bonchev–Trinajstić information content (AvgIpc) is 2.38. The Morgan fingerprint density at radius 2 is 1.71 bits per heavy atom. The minimum Gasteiger partial charge on any atom is -0.393 e. The van der Waals surface area contributed by atoms with Crippen molar-refractivity contribution < 1.29 is 5.11 Å².